The van der Waals surface area contributed by atoms with Crippen LogP contribution in [0.25, 0.3) is 5.70 Å². The van der Waals surface area contributed by atoms with E-state index in [4.69, 9.17) is 12.2 Å². The molecule has 0 amide bonds. The number of Topliss-reactive ketones (excluding diaryl/α,β-unsaturated/α-hetero) is 1. The molecule has 2 saturated heterocycles. The van der Waals surface area contributed by atoms with E-state index in [-0.39, 0.29) is 11.8 Å². The van der Waals surface area contributed by atoms with Gasteiger partial charge in [0.2, 0.25) is 0 Å². The summed E-state index contributed by atoms with van der Waals surface area (Å²) in [4.78, 5) is 21.8. The van der Waals surface area contributed by atoms with Gasteiger partial charge in [-0.1, -0.05) is 12.3 Å². The molecule has 140 valence electrons. The van der Waals surface area contributed by atoms with Gasteiger partial charge < -0.3 is 15.5 Å². The summed E-state index contributed by atoms with van der Waals surface area (Å²) in [6, 6.07) is 2.34. The van der Waals surface area contributed by atoms with Gasteiger partial charge in [0, 0.05) is 50.4 Å². The lowest BCUT2D eigenvalue weighted by Crippen LogP contribution is -2.56. The molecule has 2 N–H and O–H groups in total. The fourth-order valence-electron chi connectivity index (χ4n) is 5.09. The van der Waals surface area contributed by atoms with E-state index < -0.39 is 0 Å². The van der Waals surface area contributed by atoms with Crippen molar-refractivity contribution in [1.29, 1.82) is 0 Å². The van der Waals surface area contributed by atoms with Crippen molar-refractivity contribution in [2.75, 3.05) is 31.1 Å². The number of likely N-dealkylation sites (tertiary alicyclic amines) is 1. The third kappa shape index (κ3) is 2.66. The van der Waals surface area contributed by atoms with E-state index in [1.165, 1.54) is 32.1 Å². The molecule has 1 spiro atoms. The smallest absolute Gasteiger partial charge is 0.177 e. The zero-order chi connectivity index (χ0) is 18.6. The molecule has 0 unspecified atom stereocenters. The highest BCUT2D eigenvalue weighted by Gasteiger charge is 2.41. The Balaban J connectivity index is 1.51. The molecular weight excluding hydrogens is 336 g/mol. The number of ketones is 1. The summed E-state index contributed by atoms with van der Waals surface area (Å²) in [5.74, 6) is 3.69. The Morgan fingerprint density at radius 3 is 2.52 bits per heavy atom. The van der Waals surface area contributed by atoms with Gasteiger partial charge in [0.15, 0.2) is 5.78 Å². The molecule has 5 rings (SSSR count). The predicted octanol–water partition coefficient (Wildman–Crippen LogP) is 1.96. The second kappa shape index (κ2) is 6.10. The van der Waals surface area contributed by atoms with Crippen molar-refractivity contribution in [2.24, 2.45) is 11.1 Å². The first-order chi connectivity index (χ1) is 13.1. The number of aromatic nitrogens is 1. The Morgan fingerprint density at radius 1 is 1.19 bits per heavy atom. The maximum Gasteiger partial charge on any atom is 0.177 e. The van der Waals surface area contributed by atoms with Crippen molar-refractivity contribution in [3.05, 3.63) is 29.0 Å². The van der Waals surface area contributed by atoms with E-state index in [9.17, 15) is 4.79 Å². The maximum absolute atomic E-state index is 12.7. The summed E-state index contributed by atoms with van der Waals surface area (Å²) in [7, 11) is 0. The summed E-state index contributed by atoms with van der Waals surface area (Å²) in [5.41, 5.74) is 10.1. The molecule has 27 heavy (non-hydrogen) atoms. The lowest BCUT2D eigenvalue weighted by Gasteiger charge is -2.49. The van der Waals surface area contributed by atoms with Crippen LogP contribution in [0.15, 0.2) is 17.8 Å². The number of pyridine rings is 1. The number of nitrogens with zero attached hydrogens (tertiary/aromatic N) is 3. The molecule has 0 atom stereocenters. The normalized spacial score (nSPS) is 24.4. The number of carbonyl (C=O) groups excluding carboxylic acids is 1. The minimum absolute atomic E-state index is 0.0458. The highest BCUT2D eigenvalue weighted by molar-refractivity contribution is 6.10. The monoisotopic (exact) mass is 362 g/mol. The second-order valence-electron chi connectivity index (χ2n) is 8.67. The third-order valence-electron chi connectivity index (χ3n) is 7.03. The fourth-order valence-corrected chi connectivity index (χ4v) is 5.09. The van der Waals surface area contributed by atoms with E-state index >= 15 is 0 Å². The van der Waals surface area contributed by atoms with Crippen LogP contribution in [-0.2, 0) is 11.2 Å². The molecule has 4 aliphatic rings. The molecule has 0 radical (unpaired) electrons. The standard InChI is InChI=1S/C22H26N4O/c1-2-17-19(27)10-15-12-24-20(26-13-16(23)14-26)11-18(15)21(17)25-8-6-22(7-9-25)4-3-5-22/h1,11-12,16H,3-10,13-14,23H2. The zero-order valence-corrected chi connectivity index (χ0v) is 15.7. The number of allylic oxidation sites excluding steroid dienone is 1. The van der Waals surface area contributed by atoms with Crippen molar-refractivity contribution < 1.29 is 4.79 Å². The van der Waals surface area contributed by atoms with Crippen LogP contribution in [-0.4, -0.2) is 47.9 Å². The lowest BCUT2D eigenvalue weighted by atomic mass is 9.63. The third-order valence-corrected chi connectivity index (χ3v) is 7.03. The Kier molecular flexibility index (Phi) is 3.80. The number of anilines is 1. The Hall–Kier alpha value is -2.32. The second-order valence-corrected chi connectivity index (χ2v) is 8.67. The van der Waals surface area contributed by atoms with Gasteiger partial charge in [0.1, 0.15) is 5.82 Å². The Morgan fingerprint density at radius 2 is 1.93 bits per heavy atom. The van der Waals surface area contributed by atoms with Crippen LogP contribution in [0, 0.1) is 17.8 Å². The van der Waals surface area contributed by atoms with Crippen molar-refractivity contribution in [3.8, 4) is 12.3 Å². The van der Waals surface area contributed by atoms with Gasteiger partial charge in [-0.05, 0) is 42.7 Å². The molecule has 2 aliphatic carbocycles. The minimum atomic E-state index is 0.0458. The average Bonchev–Trinajstić information content (AvgIpc) is 2.63. The number of terminal acetylenes is 1. The molecule has 5 heteroatoms. The zero-order valence-electron chi connectivity index (χ0n) is 15.7. The summed E-state index contributed by atoms with van der Waals surface area (Å²) in [5, 5.41) is 0. The Labute approximate surface area is 160 Å². The highest BCUT2D eigenvalue weighted by atomic mass is 16.1. The van der Waals surface area contributed by atoms with E-state index in [0.29, 0.717) is 17.4 Å². The van der Waals surface area contributed by atoms with Gasteiger partial charge in [0.05, 0.1) is 11.3 Å². The molecule has 1 aromatic rings. The van der Waals surface area contributed by atoms with Gasteiger partial charge in [0.25, 0.3) is 0 Å². The van der Waals surface area contributed by atoms with Gasteiger partial charge in [-0.3, -0.25) is 4.79 Å². The summed E-state index contributed by atoms with van der Waals surface area (Å²) in [6.45, 7) is 3.63. The molecule has 2 aliphatic heterocycles. The number of rotatable bonds is 2. The topological polar surface area (TPSA) is 62.5 Å². The first-order valence-electron chi connectivity index (χ1n) is 10.1. The van der Waals surface area contributed by atoms with Crippen molar-refractivity contribution in [1.82, 2.24) is 9.88 Å². The van der Waals surface area contributed by atoms with Crippen molar-refractivity contribution >= 4 is 17.3 Å². The van der Waals surface area contributed by atoms with E-state index in [0.717, 1.165) is 48.8 Å². The van der Waals surface area contributed by atoms with Crippen molar-refractivity contribution in [3.63, 3.8) is 0 Å². The minimum Gasteiger partial charge on any atom is -0.370 e. The van der Waals surface area contributed by atoms with E-state index in [2.05, 4.69) is 26.8 Å². The summed E-state index contributed by atoms with van der Waals surface area (Å²) < 4.78 is 0. The first kappa shape index (κ1) is 16.8. The summed E-state index contributed by atoms with van der Waals surface area (Å²) >= 11 is 0. The number of fused-ring (bicyclic) bond motifs is 1. The van der Waals surface area contributed by atoms with Gasteiger partial charge in [-0.25, -0.2) is 4.98 Å². The number of nitrogens with two attached hydrogens (primary N) is 1. The van der Waals surface area contributed by atoms with Crippen LogP contribution in [0.4, 0.5) is 5.82 Å². The quantitative estimate of drug-likeness (QED) is 0.815. The molecule has 3 heterocycles. The lowest BCUT2D eigenvalue weighted by molar-refractivity contribution is -0.114. The SMILES string of the molecule is C#CC1=C(N2CCC3(CCC3)CC2)c2cc(N3CC(N)C3)ncc2CC1=O. The molecule has 1 aromatic heterocycles. The molecule has 3 fully saturated rings. The average molecular weight is 362 g/mol. The number of hydrogen-bond donors (Lipinski definition) is 1. The first-order valence-corrected chi connectivity index (χ1v) is 10.1. The fraction of sp³-hybridized carbons (Fsp3) is 0.545. The molecule has 1 saturated carbocycles. The van der Waals surface area contributed by atoms with Crippen LogP contribution in [0.5, 0.6) is 0 Å². The largest absolute Gasteiger partial charge is 0.370 e. The van der Waals surface area contributed by atoms with Gasteiger partial charge >= 0.3 is 0 Å². The van der Waals surface area contributed by atoms with Crippen LogP contribution >= 0.6 is 0 Å². The van der Waals surface area contributed by atoms with E-state index in [1.54, 1.807) is 0 Å². The highest BCUT2D eigenvalue weighted by Crippen LogP contribution is 2.50. The molecule has 0 bridgehead atoms. The predicted molar refractivity (Wildman–Crippen MR) is 106 cm³/mol. The maximum atomic E-state index is 12.7. The van der Waals surface area contributed by atoms with Crippen LogP contribution in [0.3, 0.4) is 0 Å². The van der Waals surface area contributed by atoms with Crippen molar-refractivity contribution in [2.45, 2.75) is 44.6 Å². The molecule has 0 aromatic carbocycles. The van der Waals surface area contributed by atoms with Crippen LogP contribution in [0.2, 0.25) is 0 Å². The van der Waals surface area contributed by atoms with Crippen LogP contribution in [0.1, 0.15) is 43.2 Å². The molecule has 5 nitrogen and oxygen atoms in total. The van der Waals surface area contributed by atoms with Crippen LogP contribution < -0.4 is 10.6 Å². The Bertz CT molecular complexity index is 861. The number of carbonyl (C=O) groups is 1. The molecular formula is C22H26N4O. The number of piperidine rings is 1. The van der Waals surface area contributed by atoms with Gasteiger partial charge in [-0.15, -0.1) is 6.42 Å². The number of hydrogen-bond acceptors (Lipinski definition) is 5. The summed E-state index contributed by atoms with van der Waals surface area (Å²) in [6.07, 6.45) is 14.5. The van der Waals surface area contributed by atoms with Gasteiger partial charge in [-0.2, -0.15) is 0 Å². The van der Waals surface area contributed by atoms with E-state index in [1.807, 2.05) is 6.20 Å².